The number of carbonyl (C=O) groups excluding carboxylic acids is 1. The number of rotatable bonds is 3. The zero-order valence-corrected chi connectivity index (χ0v) is 19.0. The molecule has 0 N–H and O–H groups in total. The molecule has 2 aromatic heterocycles. The fourth-order valence-corrected chi connectivity index (χ4v) is 3.81. The molecule has 0 unspecified atom stereocenters. The van der Waals surface area contributed by atoms with Gasteiger partial charge in [-0.05, 0) is 57.0 Å². The average Bonchev–Trinajstić information content (AvgIpc) is 3.34. The third-order valence-corrected chi connectivity index (χ3v) is 5.12. The first kappa shape index (κ1) is 23.4. The smallest absolute Gasteiger partial charge is 0.443 e. The molecular weight excluding hydrogens is 453 g/mol. The van der Waals surface area contributed by atoms with Crippen molar-refractivity contribution in [2.45, 2.75) is 39.2 Å². The monoisotopic (exact) mass is 476 g/mol. The molecule has 0 fully saturated rings. The number of alkyl halides is 3. The second-order valence-corrected chi connectivity index (χ2v) is 8.87. The lowest BCUT2D eigenvalue weighted by Gasteiger charge is -2.25. The Balaban J connectivity index is 1.84. The van der Waals surface area contributed by atoms with Gasteiger partial charge in [0.15, 0.2) is 0 Å². The summed E-state index contributed by atoms with van der Waals surface area (Å²) in [5.41, 5.74) is 1.33. The SMILES string of the molecule is Cn1cc(-c2cn(-c3ccc(OC(F)(F)F)cc3)c(=O)c3c2CCN3C(=O)OC(C)(C)C)cn1. The Morgan fingerprint density at radius 2 is 1.76 bits per heavy atom. The maximum Gasteiger partial charge on any atom is 0.573 e. The van der Waals surface area contributed by atoms with E-state index in [1.807, 2.05) is 0 Å². The van der Waals surface area contributed by atoms with Gasteiger partial charge in [0.1, 0.15) is 17.0 Å². The van der Waals surface area contributed by atoms with E-state index in [1.165, 1.54) is 21.6 Å². The number of fused-ring (bicyclic) bond motifs is 1. The van der Waals surface area contributed by atoms with Crippen LogP contribution in [0.15, 0.2) is 47.7 Å². The van der Waals surface area contributed by atoms with Crippen molar-refractivity contribution in [3.8, 4) is 22.6 Å². The topological polar surface area (TPSA) is 78.6 Å². The summed E-state index contributed by atoms with van der Waals surface area (Å²) in [5.74, 6) is -0.409. The number of benzene rings is 1. The molecule has 1 aliphatic heterocycles. The summed E-state index contributed by atoms with van der Waals surface area (Å²) < 4.78 is 49.9. The Bertz CT molecular complexity index is 1290. The van der Waals surface area contributed by atoms with E-state index < -0.39 is 29.4 Å². The number of hydrogen-bond acceptors (Lipinski definition) is 5. The molecule has 11 heteroatoms. The summed E-state index contributed by atoms with van der Waals surface area (Å²) in [7, 11) is 1.76. The Hall–Kier alpha value is -3.76. The largest absolute Gasteiger partial charge is 0.573 e. The van der Waals surface area contributed by atoms with Crippen LogP contribution in [0.5, 0.6) is 5.75 Å². The number of halogens is 3. The predicted molar refractivity (Wildman–Crippen MR) is 118 cm³/mol. The summed E-state index contributed by atoms with van der Waals surface area (Å²) in [6.45, 7) is 5.46. The number of pyridine rings is 1. The van der Waals surface area contributed by atoms with Crippen LogP contribution in [0.3, 0.4) is 0 Å². The first-order valence-electron chi connectivity index (χ1n) is 10.5. The lowest BCUT2D eigenvalue weighted by atomic mass is 10.0. The van der Waals surface area contributed by atoms with E-state index in [1.54, 1.807) is 51.1 Å². The van der Waals surface area contributed by atoms with Gasteiger partial charge in [-0.3, -0.25) is 18.9 Å². The Morgan fingerprint density at radius 3 is 2.32 bits per heavy atom. The van der Waals surface area contributed by atoms with Gasteiger partial charge in [-0.1, -0.05) is 0 Å². The fourth-order valence-electron chi connectivity index (χ4n) is 3.81. The van der Waals surface area contributed by atoms with Crippen LogP contribution < -0.4 is 15.2 Å². The number of nitrogens with zero attached hydrogens (tertiary/aromatic N) is 4. The first-order valence-corrected chi connectivity index (χ1v) is 10.5. The summed E-state index contributed by atoms with van der Waals surface area (Å²) >= 11 is 0. The van der Waals surface area contributed by atoms with Gasteiger partial charge in [-0.2, -0.15) is 5.10 Å². The van der Waals surface area contributed by atoms with E-state index in [9.17, 15) is 22.8 Å². The maximum atomic E-state index is 13.5. The normalized spacial score (nSPS) is 13.7. The molecule has 0 atom stereocenters. The molecule has 180 valence electrons. The second-order valence-electron chi connectivity index (χ2n) is 8.87. The molecule has 0 spiro atoms. The van der Waals surface area contributed by atoms with Crippen molar-refractivity contribution >= 4 is 11.8 Å². The minimum Gasteiger partial charge on any atom is -0.443 e. The van der Waals surface area contributed by atoms with E-state index in [-0.39, 0.29) is 12.2 Å². The lowest BCUT2D eigenvalue weighted by Crippen LogP contribution is -2.38. The fraction of sp³-hybridized carbons (Fsp3) is 0.348. The van der Waals surface area contributed by atoms with Crippen molar-refractivity contribution in [2.24, 2.45) is 7.05 Å². The van der Waals surface area contributed by atoms with Crippen LogP contribution in [0.25, 0.3) is 16.8 Å². The standard InChI is InChI=1S/C23H23F3N4O4/c1-22(2,3)34-21(32)29-10-9-17-18(14-11-27-28(4)12-14)13-30(20(31)19(17)29)15-5-7-16(8-6-15)33-23(24,25)26/h5-8,11-13H,9-10H2,1-4H3. The highest BCUT2D eigenvalue weighted by atomic mass is 19.4. The Labute approximate surface area is 193 Å². The molecule has 3 heterocycles. The van der Waals surface area contributed by atoms with Gasteiger partial charge in [0.2, 0.25) is 0 Å². The molecule has 3 aromatic rings. The quantitative estimate of drug-likeness (QED) is 0.559. The van der Waals surface area contributed by atoms with Crippen LogP contribution in [-0.4, -0.2) is 38.9 Å². The van der Waals surface area contributed by atoms with Gasteiger partial charge in [-0.25, -0.2) is 4.79 Å². The summed E-state index contributed by atoms with van der Waals surface area (Å²) in [6, 6.07) is 4.93. The molecule has 8 nitrogen and oxygen atoms in total. The summed E-state index contributed by atoms with van der Waals surface area (Å²) in [6.07, 6.45) is -0.00862. The minimum absolute atomic E-state index is 0.172. The minimum atomic E-state index is -4.83. The van der Waals surface area contributed by atoms with E-state index in [4.69, 9.17) is 4.74 Å². The molecule has 1 aromatic carbocycles. The van der Waals surface area contributed by atoms with Gasteiger partial charge in [0, 0.05) is 42.8 Å². The highest BCUT2D eigenvalue weighted by Gasteiger charge is 2.34. The number of anilines is 1. The van der Waals surface area contributed by atoms with Crippen molar-refractivity contribution < 1.29 is 27.4 Å². The van der Waals surface area contributed by atoms with Gasteiger partial charge in [0.25, 0.3) is 5.56 Å². The number of ether oxygens (including phenoxy) is 2. The van der Waals surface area contributed by atoms with Crippen LogP contribution in [-0.2, 0) is 18.2 Å². The number of aryl methyl sites for hydroxylation is 1. The molecular formula is C23H23F3N4O4. The zero-order valence-electron chi connectivity index (χ0n) is 19.0. The molecule has 34 heavy (non-hydrogen) atoms. The predicted octanol–water partition coefficient (Wildman–Crippen LogP) is 4.43. The average molecular weight is 476 g/mol. The number of carbonyl (C=O) groups is 1. The molecule has 1 aliphatic rings. The molecule has 0 radical (unpaired) electrons. The van der Waals surface area contributed by atoms with Crippen molar-refractivity contribution in [3.05, 3.63) is 58.8 Å². The molecule has 1 amide bonds. The molecule has 0 aliphatic carbocycles. The second kappa shape index (κ2) is 8.23. The molecule has 0 saturated heterocycles. The highest BCUT2D eigenvalue weighted by molar-refractivity contribution is 5.92. The van der Waals surface area contributed by atoms with E-state index in [2.05, 4.69) is 9.84 Å². The third kappa shape index (κ3) is 4.78. The van der Waals surface area contributed by atoms with Crippen molar-refractivity contribution in [1.82, 2.24) is 14.3 Å². The van der Waals surface area contributed by atoms with Crippen molar-refractivity contribution in [1.29, 1.82) is 0 Å². The van der Waals surface area contributed by atoms with Crippen LogP contribution in [0.1, 0.15) is 26.3 Å². The van der Waals surface area contributed by atoms with Crippen LogP contribution in [0.4, 0.5) is 23.7 Å². The first-order chi connectivity index (χ1) is 15.8. The summed E-state index contributed by atoms with van der Waals surface area (Å²) in [4.78, 5) is 27.7. The number of amides is 1. The van der Waals surface area contributed by atoms with E-state index in [0.717, 1.165) is 17.7 Å². The van der Waals surface area contributed by atoms with Gasteiger partial charge >= 0.3 is 12.5 Å². The van der Waals surface area contributed by atoms with Crippen LogP contribution in [0.2, 0.25) is 0 Å². The Morgan fingerprint density at radius 1 is 1.09 bits per heavy atom. The number of hydrogen-bond donors (Lipinski definition) is 0. The lowest BCUT2D eigenvalue weighted by molar-refractivity contribution is -0.274. The van der Waals surface area contributed by atoms with Gasteiger partial charge in [-0.15, -0.1) is 13.2 Å². The highest BCUT2D eigenvalue weighted by Crippen LogP contribution is 2.35. The van der Waals surface area contributed by atoms with Crippen molar-refractivity contribution in [3.63, 3.8) is 0 Å². The van der Waals surface area contributed by atoms with E-state index in [0.29, 0.717) is 23.2 Å². The van der Waals surface area contributed by atoms with E-state index >= 15 is 0 Å². The molecule has 0 saturated carbocycles. The zero-order chi connectivity index (χ0) is 24.8. The van der Waals surface area contributed by atoms with Gasteiger partial charge < -0.3 is 9.47 Å². The van der Waals surface area contributed by atoms with Crippen molar-refractivity contribution in [2.75, 3.05) is 11.4 Å². The van der Waals surface area contributed by atoms with Crippen LogP contribution in [0, 0.1) is 0 Å². The molecule has 0 bridgehead atoms. The Kier molecular flexibility index (Phi) is 5.66. The molecule has 4 rings (SSSR count). The summed E-state index contributed by atoms with van der Waals surface area (Å²) in [5, 5.41) is 4.19. The third-order valence-electron chi connectivity index (χ3n) is 5.12. The van der Waals surface area contributed by atoms with Gasteiger partial charge in [0.05, 0.1) is 6.20 Å². The maximum absolute atomic E-state index is 13.5. The number of aromatic nitrogens is 3. The van der Waals surface area contributed by atoms with Crippen LogP contribution >= 0.6 is 0 Å².